The number of rotatable bonds is 5. The van der Waals surface area contributed by atoms with Crippen LogP contribution in [0.3, 0.4) is 0 Å². The molecule has 0 aliphatic rings. The highest BCUT2D eigenvalue weighted by Crippen LogP contribution is 2.17. The monoisotopic (exact) mass is 318 g/mol. The SMILES string of the molecule is CN(C(=O)CS(=O)(=O)N(C)c1ccccc1)c1ccccc1. The van der Waals surface area contributed by atoms with Crippen molar-refractivity contribution < 1.29 is 13.2 Å². The van der Waals surface area contributed by atoms with E-state index in [0.29, 0.717) is 11.4 Å². The van der Waals surface area contributed by atoms with Gasteiger partial charge in [-0.3, -0.25) is 9.10 Å². The fraction of sp³-hybridized carbons (Fsp3) is 0.188. The summed E-state index contributed by atoms with van der Waals surface area (Å²) in [6, 6.07) is 17.6. The minimum Gasteiger partial charge on any atom is -0.315 e. The molecular formula is C16H18N2O3S. The molecule has 116 valence electrons. The van der Waals surface area contributed by atoms with Crippen LogP contribution in [-0.2, 0) is 14.8 Å². The maximum atomic E-state index is 12.4. The molecule has 0 atom stereocenters. The maximum absolute atomic E-state index is 12.4. The van der Waals surface area contributed by atoms with Gasteiger partial charge in [0.2, 0.25) is 15.9 Å². The quantitative estimate of drug-likeness (QED) is 0.848. The molecule has 0 unspecified atom stereocenters. The third-order valence-corrected chi connectivity index (χ3v) is 5.02. The van der Waals surface area contributed by atoms with E-state index in [0.717, 1.165) is 4.31 Å². The van der Waals surface area contributed by atoms with E-state index in [9.17, 15) is 13.2 Å². The summed E-state index contributed by atoms with van der Waals surface area (Å²) in [5, 5.41) is 0. The van der Waals surface area contributed by atoms with Crippen molar-refractivity contribution in [1.82, 2.24) is 0 Å². The van der Waals surface area contributed by atoms with Gasteiger partial charge in [-0.15, -0.1) is 0 Å². The third-order valence-electron chi connectivity index (χ3n) is 3.36. The number of carbonyl (C=O) groups excluding carboxylic acids is 1. The van der Waals surface area contributed by atoms with Gasteiger partial charge in [0.05, 0.1) is 5.69 Å². The molecule has 0 fully saturated rings. The molecular weight excluding hydrogens is 300 g/mol. The Balaban J connectivity index is 2.13. The van der Waals surface area contributed by atoms with Crippen molar-refractivity contribution in [3.05, 3.63) is 60.7 Å². The van der Waals surface area contributed by atoms with Crippen LogP contribution in [0.5, 0.6) is 0 Å². The predicted molar refractivity (Wildman–Crippen MR) is 88.5 cm³/mol. The zero-order valence-electron chi connectivity index (χ0n) is 12.5. The van der Waals surface area contributed by atoms with Crippen LogP contribution in [0.4, 0.5) is 11.4 Å². The highest BCUT2D eigenvalue weighted by molar-refractivity contribution is 7.93. The molecule has 0 saturated heterocycles. The van der Waals surface area contributed by atoms with E-state index in [1.165, 1.54) is 11.9 Å². The summed E-state index contributed by atoms with van der Waals surface area (Å²) in [5.41, 5.74) is 1.18. The second-order valence-electron chi connectivity index (χ2n) is 4.85. The van der Waals surface area contributed by atoms with Crippen molar-refractivity contribution in [1.29, 1.82) is 0 Å². The van der Waals surface area contributed by atoms with Gasteiger partial charge in [-0.2, -0.15) is 0 Å². The molecule has 2 aromatic rings. The Labute approximate surface area is 130 Å². The van der Waals surface area contributed by atoms with Gasteiger partial charge in [0.25, 0.3) is 0 Å². The summed E-state index contributed by atoms with van der Waals surface area (Å²) < 4.78 is 25.8. The molecule has 0 bridgehead atoms. The number of nitrogens with zero attached hydrogens (tertiary/aromatic N) is 2. The van der Waals surface area contributed by atoms with Crippen LogP contribution in [-0.4, -0.2) is 34.2 Å². The fourth-order valence-corrected chi connectivity index (χ4v) is 3.09. The number of hydrogen-bond donors (Lipinski definition) is 0. The molecule has 5 nitrogen and oxygen atoms in total. The summed E-state index contributed by atoms with van der Waals surface area (Å²) in [5.74, 6) is -1.06. The minimum absolute atomic E-state index is 0.478. The number of anilines is 2. The third kappa shape index (κ3) is 3.65. The molecule has 0 heterocycles. The van der Waals surface area contributed by atoms with Gasteiger partial charge < -0.3 is 4.90 Å². The zero-order valence-corrected chi connectivity index (χ0v) is 13.3. The molecule has 2 aromatic carbocycles. The van der Waals surface area contributed by atoms with Crippen molar-refractivity contribution in [2.75, 3.05) is 29.1 Å². The molecule has 0 aromatic heterocycles. The minimum atomic E-state index is -3.72. The lowest BCUT2D eigenvalue weighted by Crippen LogP contribution is -2.38. The Morgan fingerprint density at radius 1 is 0.864 bits per heavy atom. The van der Waals surface area contributed by atoms with E-state index in [2.05, 4.69) is 0 Å². The molecule has 0 spiro atoms. The summed E-state index contributed by atoms with van der Waals surface area (Å²) >= 11 is 0. The Kier molecular flexibility index (Phi) is 4.82. The van der Waals surface area contributed by atoms with E-state index in [1.807, 2.05) is 6.07 Å². The van der Waals surface area contributed by atoms with Gasteiger partial charge in [-0.05, 0) is 24.3 Å². The van der Waals surface area contributed by atoms with Gasteiger partial charge in [0, 0.05) is 19.8 Å². The summed E-state index contributed by atoms with van der Waals surface area (Å²) in [6.07, 6.45) is 0. The Bertz CT molecular complexity index is 731. The van der Waals surface area contributed by atoms with Gasteiger partial charge in [-0.25, -0.2) is 8.42 Å². The first-order valence-corrected chi connectivity index (χ1v) is 8.36. The van der Waals surface area contributed by atoms with Gasteiger partial charge in [0.15, 0.2) is 0 Å². The first kappa shape index (κ1) is 16.0. The van der Waals surface area contributed by atoms with Crippen molar-refractivity contribution in [3.8, 4) is 0 Å². The molecule has 6 heteroatoms. The van der Waals surface area contributed by atoms with E-state index in [4.69, 9.17) is 0 Å². The summed E-state index contributed by atoms with van der Waals surface area (Å²) in [7, 11) is -0.713. The second-order valence-corrected chi connectivity index (χ2v) is 6.85. The van der Waals surface area contributed by atoms with E-state index < -0.39 is 21.7 Å². The lowest BCUT2D eigenvalue weighted by atomic mass is 10.3. The molecule has 1 amide bonds. The number of para-hydroxylation sites is 2. The van der Waals surface area contributed by atoms with Gasteiger partial charge in [-0.1, -0.05) is 36.4 Å². The maximum Gasteiger partial charge on any atom is 0.244 e. The molecule has 0 radical (unpaired) electrons. The fourth-order valence-electron chi connectivity index (χ4n) is 1.94. The number of benzene rings is 2. The van der Waals surface area contributed by atoms with Crippen LogP contribution >= 0.6 is 0 Å². The van der Waals surface area contributed by atoms with Crippen LogP contribution in [0.2, 0.25) is 0 Å². The smallest absolute Gasteiger partial charge is 0.244 e. The topological polar surface area (TPSA) is 57.7 Å². The first-order valence-electron chi connectivity index (χ1n) is 6.75. The molecule has 0 N–H and O–H groups in total. The van der Waals surface area contributed by atoms with Crippen molar-refractivity contribution in [2.45, 2.75) is 0 Å². The lowest BCUT2D eigenvalue weighted by molar-refractivity contribution is -0.115. The molecule has 0 saturated carbocycles. The second kappa shape index (κ2) is 6.62. The van der Waals surface area contributed by atoms with Crippen LogP contribution in [0.25, 0.3) is 0 Å². The highest BCUT2D eigenvalue weighted by Gasteiger charge is 2.24. The standard InChI is InChI=1S/C16H18N2O3S/c1-17(14-9-5-3-6-10-14)16(19)13-22(20,21)18(2)15-11-7-4-8-12-15/h3-12H,13H2,1-2H3. The van der Waals surface area contributed by atoms with Crippen molar-refractivity contribution in [2.24, 2.45) is 0 Å². The van der Waals surface area contributed by atoms with Crippen LogP contribution in [0.1, 0.15) is 0 Å². The lowest BCUT2D eigenvalue weighted by Gasteiger charge is -2.22. The first-order chi connectivity index (χ1) is 10.4. The Morgan fingerprint density at radius 3 is 1.82 bits per heavy atom. The summed E-state index contributed by atoms with van der Waals surface area (Å²) in [6.45, 7) is 0. The van der Waals surface area contributed by atoms with E-state index in [1.54, 1.807) is 61.6 Å². The van der Waals surface area contributed by atoms with Gasteiger partial charge in [0.1, 0.15) is 5.75 Å². The van der Waals surface area contributed by atoms with Crippen molar-refractivity contribution >= 4 is 27.3 Å². The number of sulfonamides is 1. The summed E-state index contributed by atoms with van der Waals surface area (Å²) in [4.78, 5) is 13.6. The van der Waals surface area contributed by atoms with Crippen LogP contribution in [0.15, 0.2) is 60.7 Å². The van der Waals surface area contributed by atoms with Gasteiger partial charge >= 0.3 is 0 Å². The Morgan fingerprint density at radius 2 is 1.32 bits per heavy atom. The average Bonchev–Trinajstić information content (AvgIpc) is 2.54. The van der Waals surface area contributed by atoms with Crippen LogP contribution < -0.4 is 9.21 Å². The largest absolute Gasteiger partial charge is 0.315 e. The number of hydrogen-bond acceptors (Lipinski definition) is 3. The molecule has 0 aliphatic carbocycles. The normalized spacial score (nSPS) is 11.0. The van der Waals surface area contributed by atoms with Crippen molar-refractivity contribution in [3.63, 3.8) is 0 Å². The number of carbonyl (C=O) groups is 1. The predicted octanol–water partition coefficient (Wildman–Crippen LogP) is 2.12. The van der Waals surface area contributed by atoms with E-state index >= 15 is 0 Å². The Hall–Kier alpha value is -2.34. The average molecular weight is 318 g/mol. The van der Waals surface area contributed by atoms with E-state index in [-0.39, 0.29) is 0 Å². The molecule has 22 heavy (non-hydrogen) atoms. The van der Waals surface area contributed by atoms with Crippen LogP contribution in [0, 0.1) is 0 Å². The molecule has 2 rings (SSSR count). The number of amides is 1. The highest BCUT2D eigenvalue weighted by atomic mass is 32.2. The molecule has 0 aliphatic heterocycles. The zero-order chi connectivity index (χ0) is 16.2.